The van der Waals surface area contributed by atoms with E-state index in [1.165, 1.54) is 12.1 Å². The Balaban J connectivity index is 2.81. The average molecular weight is 220 g/mol. The molecule has 0 aliphatic rings. The lowest BCUT2D eigenvalue weighted by molar-refractivity contribution is -0.137. The summed E-state index contributed by atoms with van der Waals surface area (Å²) < 4.78 is 36.5. The standard InChI is InChI=1S/C10H11F3O2/c11-10(12,13)8-3-1-7(2-4-8)9(15)5-6-14/h1-4,9,14-15H,5-6H2. The van der Waals surface area contributed by atoms with Crippen molar-refractivity contribution in [2.24, 2.45) is 0 Å². The minimum atomic E-state index is -4.36. The summed E-state index contributed by atoms with van der Waals surface area (Å²) in [6.07, 6.45) is -5.16. The number of alkyl halides is 3. The molecule has 0 saturated carbocycles. The Bertz CT molecular complexity index is 305. The summed E-state index contributed by atoms with van der Waals surface area (Å²) in [5.74, 6) is 0. The van der Waals surface area contributed by atoms with E-state index in [0.29, 0.717) is 5.56 Å². The van der Waals surface area contributed by atoms with E-state index in [1.807, 2.05) is 0 Å². The fourth-order valence-corrected chi connectivity index (χ4v) is 1.18. The minimum Gasteiger partial charge on any atom is -0.396 e. The predicted octanol–water partition coefficient (Wildman–Crippen LogP) is 2.12. The number of rotatable bonds is 3. The van der Waals surface area contributed by atoms with Crippen LogP contribution in [0.15, 0.2) is 24.3 Å². The first kappa shape index (κ1) is 12.0. The van der Waals surface area contributed by atoms with Crippen LogP contribution in [-0.2, 0) is 6.18 Å². The van der Waals surface area contributed by atoms with Gasteiger partial charge in [-0.05, 0) is 17.7 Å². The van der Waals surface area contributed by atoms with Gasteiger partial charge in [-0.15, -0.1) is 0 Å². The highest BCUT2D eigenvalue weighted by atomic mass is 19.4. The third kappa shape index (κ3) is 3.21. The van der Waals surface area contributed by atoms with Gasteiger partial charge < -0.3 is 10.2 Å². The summed E-state index contributed by atoms with van der Waals surface area (Å²) in [5.41, 5.74) is -0.375. The van der Waals surface area contributed by atoms with Crippen LogP contribution in [0, 0.1) is 0 Å². The van der Waals surface area contributed by atoms with Crippen LogP contribution in [0.3, 0.4) is 0 Å². The van der Waals surface area contributed by atoms with Gasteiger partial charge in [0.05, 0.1) is 11.7 Å². The highest BCUT2D eigenvalue weighted by Crippen LogP contribution is 2.30. The van der Waals surface area contributed by atoms with Crippen LogP contribution in [0.5, 0.6) is 0 Å². The molecule has 1 aromatic rings. The third-order valence-corrected chi connectivity index (χ3v) is 2.03. The van der Waals surface area contributed by atoms with Crippen LogP contribution in [0.4, 0.5) is 13.2 Å². The Morgan fingerprint density at radius 1 is 1.13 bits per heavy atom. The Morgan fingerprint density at radius 2 is 1.67 bits per heavy atom. The summed E-state index contributed by atoms with van der Waals surface area (Å²) in [4.78, 5) is 0. The van der Waals surface area contributed by atoms with Crippen LogP contribution in [-0.4, -0.2) is 16.8 Å². The second-order valence-electron chi connectivity index (χ2n) is 3.15. The molecule has 0 aliphatic carbocycles. The largest absolute Gasteiger partial charge is 0.416 e. The zero-order chi connectivity index (χ0) is 11.5. The highest BCUT2D eigenvalue weighted by Gasteiger charge is 2.30. The fourth-order valence-electron chi connectivity index (χ4n) is 1.18. The van der Waals surface area contributed by atoms with Crippen molar-refractivity contribution in [2.45, 2.75) is 18.7 Å². The number of aliphatic hydroxyl groups is 2. The molecular formula is C10H11F3O2. The zero-order valence-corrected chi connectivity index (χ0v) is 7.83. The van der Waals surface area contributed by atoms with Crippen LogP contribution >= 0.6 is 0 Å². The van der Waals surface area contributed by atoms with Crippen LogP contribution in [0.1, 0.15) is 23.7 Å². The Hall–Kier alpha value is -1.07. The highest BCUT2D eigenvalue weighted by molar-refractivity contribution is 5.25. The molecule has 0 heterocycles. The molecular weight excluding hydrogens is 209 g/mol. The molecule has 1 atom stereocenters. The monoisotopic (exact) mass is 220 g/mol. The van der Waals surface area contributed by atoms with Crippen molar-refractivity contribution in [3.05, 3.63) is 35.4 Å². The van der Waals surface area contributed by atoms with E-state index in [-0.39, 0.29) is 13.0 Å². The second-order valence-corrected chi connectivity index (χ2v) is 3.15. The van der Waals surface area contributed by atoms with E-state index in [2.05, 4.69) is 0 Å². The lowest BCUT2D eigenvalue weighted by Crippen LogP contribution is -2.06. The molecule has 15 heavy (non-hydrogen) atoms. The van der Waals surface area contributed by atoms with Gasteiger partial charge in [0.1, 0.15) is 0 Å². The summed E-state index contributed by atoms with van der Waals surface area (Å²) >= 11 is 0. The molecule has 84 valence electrons. The molecule has 0 bridgehead atoms. The lowest BCUT2D eigenvalue weighted by atomic mass is 10.0. The smallest absolute Gasteiger partial charge is 0.396 e. The quantitative estimate of drug-likeness (QED) is 0.819. The molecule has 0 saturated heterocycles. The Kier molecular flexibility index (Phi) is 3.71. The summed E-state index contributed by atoms with van der Waals surface area (Å²) in [6, 6.07) is 4.25. The molecule has 0 aliphatic heterocycles. The van der Waals surface area contributed by atoms with Gasteiger partial charge in [-0.25, -0.2) is 0 Å². The molecule has 1 aromatic carbocycles. The predicted molar refractivity (Wildman–Crippen MR) is 48.1 cm³/mol. The minimum absolute atomic E-state index is 0.116. The Morgan fingerprint density at radius 3 is 2.07 bits per heavy atom. The number of halogens is 3. The number of hydrogen-bond donors (Lipinski definition) is 2. The molecule has 0 amide bonds. The molecule has 0 spiro atoms. The van der Waals surface area contributed by atoms with Crippen molar-refractivity contribution in [1.82, 2.24) is 0 Å². The van der Waals surface area contributed by atoms with Gasteiger partial charge in [0, 0.05) is 13.0 Å². The molecule has 0 fully saturated rings. The second kappa shape index (κ2) is 4.63. The van der Waals surface area contributed by atoms with Crippen molar-refractivity contribution in [3.8, 4) is 0 Å². The first-order chi connectivity index (χ1) is 6.95. The van der Waals surface area contributed by atoms with Gasteiger partial charge >= 0.3 is 6.18 Å². The number of hydrogen-bond acceptors (Lipinski definition) is 2. The van der Waals surface area contributed by atoms with Gasteiger partial charge in [-0.3, -0.25) is 0 Å². The summed E-state index contributed by atoms with van der Waals surface area (Å²) in [5, 5.41) is 17.9. The van der Waals surface area contributed by atoms with E-state index < -0.39 is 17.8 Å². The summed E-state index contributed by atoms with van der Waals surface area (Å²) in [6.45, 7) is -0.206. The van der Waals surface area contributed by atoms with E-state index in [9.17, 15) is 18.3 Å². The Labute approximate surface area is 85.0 Å². The molecule has 2 N–H and O–H groups in total. The topological polar surface area (TPSA) is 40.5 Å². The molecule has 1 unspecified atom stereocenters. The molecule has 2 nitrogen and oxygen atoms in total. The molecule has 1 rings (SSSR count). The van der Waals surface area contributed by atoms with Crippen molar-refractivity contribution < 1.29 is 23.4 Å². The first-order valence-corrected chi connectivity index (χ1v) is 4.41. The van der Waals surface area contributed by atoms with Crippen molar-refractivity contribution in [1.29, 1.82) is 0 Å². The van der Waals surface area contributed by atoms with E-state index in [4.69, 9.17) is 5.11 Å². The van der Waals surface area contributed by atoms with E-state index in [1.54, 1.807) is 0 Å². The zero-order valence-electron chi connectivity index (χ0n) is 7.83. The van der Waals surface area contributed by atoms with Crippen molar-refractivity contribution in [3.63, 3.8) is 0 Å². The molecule has 0 radical (unpaired) electrons. The summed E-state index contributed by atoms with van der Waals surface area (Å²) in [7, 11) is 0. The lowest BCUT2D eigenvalue weighted by Gasteiger charge is -2.11. The van der Waals surface area contributed by atoms with Gasteiger partial charge in [-0.1, -0.05) is 12.1 Å². The molecule has 5 heteroatoms. The average Bonchev–Trinajstić information content (AvgIpc) is 2.17. The fraction of sp³-hybridized carbons (Fsp3) is 0.400. The SMILES string of the molecule is OCCC(O)c1ccc(C(F)(F)F)cc1. The number of aliphatic hydroxyl groups excluding tert-OH is 2. The molecule has 0 aromatic heterocycles. The third-order valence-electron chi connectivity index (χ3n) is 2.03. The van der Waals surface area contributed by atoms with E-state index in [0.717, 1.165) is 12.1 Å². The van der Waals surface area contributed by atoms with Crippen molar-refractivity contribution >= 4 is 0 Å². The maximum absolute atomic E-state index is 12.2. The maximum Gasteiger partial charge on any atom is 0.416 e. The first-order valence-electron chi connectivity index (χ1n) is 4.41. The maximum atomic E-state index is 12.2. The van der Waals surface area contributed by atoms with Gasteiger partial charge in [0.15, 0.2) is 0 Å². The van der Waals surface area contributed by atoms with Crippen molar-refractivity contribution in [2.75, 3.05) is 6.61 Å². The van der Waals surface area contributed by atoms with Gasteiger partial charge in [0.2, 0.25) is 0 Å². The normalized spacial score (nSPS) is 13.9. The van der Waals surface area contributed by atoms with Crippen LogP contribution < -0.4 is 0 Å². The van der Waals surface area contributed by atoms with Gasteiger partial charge in [-0.2, -0.15) is 13.2 Å². The van der Waals surface area contributed by atoms with Crippen LogP contribution in [0.25, 0.3) is 0 Å². The van der Waals surface area contributed by atoms with Gasteiger partial charge in [0.25, 0.3) is 0 Å². The van der Waals surface area contributed by atoms with E-state index >= 15 is 0 Å². The van der Waals surface area contributed by atoms with Crippen LogP contribution in [0.2, 0.25) is 0 Å². The number of benzene rings is 1.